The van der Waals surface area contributed by atoms with Gasteiger partial charge < -0.3 is 13.9 Å². The van der Waals surface area contributed by atoms with Gasteiger partial charge in [0, 0.05) is 44.5 Å². The Bertz CT molecular complexity index is 3070. The Labute approximate surface area is 319 Å². The predicted octanol–water partition coefficient (Wildman–Crippen LogP) is 14.4. The zero-order valence-corrected chi connectivity index (χ0v) is 30.2. The summed E-state index contributed by atoms with van der Waals surface area (Å²) in [6.07, 6.45) is 6.39. The molecule has 8 aromatic carbocycles. The SMILES string of the molecule is C1=Cc2oc3ccc(-c4ccc(N(c5ccc(-c6ccc7ccccc7c6)cc5)c5ccc6c(c5)c5ccccc5n6-c5ccccc5)cc4)cc3c2CC1. The molecule has 2 heterocycles. The van der Waals surface area contributed by atoms with Gasteiger partial charge in [-0.2, -0.15) is 0 Å². The number of aromatic nitrogens is 1. The van der Waals surface area contributed by atoms with Crippen LogP contribution in [0.15, 0.2) is 192 Å². The van der Waals surface area contributed by atoms with Gasteiger partial charge in [0.15, 0.2) is 0 Å². The Balaban J connectivity index is 1.03. The maximum Gasteiger partial charge on any atom is 0.135 e. The molecule has 2 aromatic heterocycles. The van der Waals surface area contributed by atoms with Gasteiger partial charge in [-0.3, -0.25) is 0 Å². The average molecular weight is 705 g/mol. The highest BCUT2D eigenvalue weighted by Crippen LogP contribution is 2.41. The van der Waals surface area contributed by atoms with Crippen LogP contribution in [0.3, 0.4) is 0 Å². The highest BCUT2D eigenvalue weighted by atomic mass is 16.3. The Morgan fingerprint density at radius 1 is 0.455 bits per heavy atom. The first-order valence-electron chi connectivity index (χ1n) is 19.1. The van der Waals surface area contributed by atoms with Gasteiger partial charge in [-0.05, 0) is 131 Å². The van der Waals surface area contributed by atoms with E-state index >= 15 is 0 Å². The molecule has 10 aromatic rings. The second-order valence-electron chi connectivity index (χ2n) is 14.5. The zero-order chi connectivity index (χ0) is 36.3. The molecule has 3 heteroatoms. The Hall–Kier alpha value is -7.10. The van der Waals surface area contributed by atoms with E-state index in [0.29, 0.717) is 0 Å². The molecule has 0 N–H and O–H groups in total. The van der Waals surface area contributed by atoms with Crippen molar-refractivity contribution < 1.29 is 4.42 Å². The third kappa shape index (κ3) is 5.35. The van der Waals surface area contributed by atoms with Crippen molar-refractivity contribution in [2.45, 2.75) is 12.8 Å². The van der Waals surface area contributed by atoms with Crippen molar-refractivity contribution in [1.82, 2.24) is 4.57 Å². The summed E-state index contributed by atoms with van der Waals surface area (Å²) in [6, 6.07) is 66.1. The molecule has 0 unspecified atom stereocenters. The molecule has 0 saturated heterocycles. The molecule has 1 aliphatic rings. The molecule has 0 atom stereocenters. The fraction of sp³-hybridized carbons (Fsp3) is 0.0385. The molecular weight excluding hydrogens is 669 g/mol. The summed E-state index contributed by atoms with van der Waals surface area (Å²) in [5.74, 6) is 1.000. The Morgan fingerprint density at radius 3 is 1.89 bits per heavy atom. The summed E-state index contributed by atoms with van der Waals surface area (Å²) in [5.41, 5.74) is 13.9. The van der Waals surface area contributed by atoms with Gasteiger partial charge in [0.1, 0.15) is 11.3 Å². The Kier molecular flexibility index (Phi) is 7.31. The lowest BCUT2D eigenvalue weighted by atomic mass is 9.97. The highest BCUT2D eigenvalue weighted by Gasteiger charge is 2.19. The number of rotatable bonds is 6. The smallest absolute Gasteiger partial charge is 0.135 e. The summed E-state index contributed by atoms with van der Waals surface area (Å²) >= 11 is 0. The molecule has 11 rings (SSSR count). The van der Waals surface area contributed by atoms with E-state index in [1.807, 2.05) is 0 Å². The molecule has 0 spiro atoms. The highest BCUT2D eigenvalue weighted by molar-refractivity contribution is 6.10. The quantitative estimate of drug-likeness (QED) is 0.172. The lowest BCUT2D eigenvalue weighted by Crippen LogP contribution is -2.10. The van der Waals surface area contributed by atoms with Crippen molar-refractivity contribution >= 4 is 66.7 Å². The van der Waals surface area contributed by atoms with E-state index in [9.17, 15) is 0 Å². The summed E-state index contributed by atoms with van der Waals surface area (Å²) in [5, 5.41) is 6.17. The average Bonchev–Trinajstić information content (AvgIpc) is 3.80. The fourth-order valence-corrected chi connectivity index (χ4v) is 8.53. The second-order valence-corrected chi connectivity index (χ2v) is 14.5. The molecule has 0 aliphatic heterocycles. The second kappa shape index (κ2) is 12.8. The molecule has 260 valence electrons. The number of anilines is 3. The minimum atomic E-state index is 0.958. The van der Waals surface area contributed by atoms with Gasteiger partial charge in [0.2, 0.25) is 0 Å². The van der Waals surface area contributed by atoms with Crippen LogP contribution in [-0.2, 0) is 6.42 Å². The van der Waals surface area contributed by atoms with Crippen LogP contribution in [0, 0.1) is 0 Å². The van der Waals surface area contributed by atoms with Crippen LogP contribution in [0.25, 0.3) is 77.6 Å². The zero-order valence-electron chi connectivity index (χ0n) is 30.2. The van der Waals surface area contributed by atoms with Crippen molar-refractivity contribution in [3.8, 4) is 27.9 Å². The van der Waals surface area contributed by atoms with Gasteiger partial charge in [-0.15, -0.1) is 0 Å². The minimum absolute atomic E-state index is 0.958. The van der Waals surface area contributed by atoms with Gasteiger partial charge in [-0.25, -0.2) is 0 Å². The van der Waals surface area contributed by atoms with Crippen molar-refractivity contribution in [3.05, 3.63) is 199 Å². The monoisotopic (exact) mass is 704 g/mol. The maximum absolute atomic E-state index is 6.17. The van der Waals surface area contributed by atoms with Gasteiger partial charge >= 0.3 is 0 Å². The van der Waals surface area contributed by atoms with Crippen LogP contribution < -0.4 is 4.90 Å². The van der Waals surface area contributed by atoms with Gasteiger partial charge in [0.25, 0.3) is 0 Å². The van der Waals surface area contributed by atoms with E-state index in [0.717, 1.165) is 46.9 Å². The molecular formula is C52H36N2O. The van der Waals surface area contributed by atoms with E-state index < -0.39 is 0 Å². The number of hydrogen-bond donors (Lipinski definition) is 0. The molecule has 0 bridgehead atoms. The van der Waals surface area contributed by atoms with Crippen molar-refractivity contribution in [2.24, 2.45) is 0 Å². The van der Waals surface area contributed by atoms with Crippen molar-refractivity contribution in [1.29, 1.82) is 0 Å². The third-order valence-electron chi connectivity index (χ3n) is 11.2. The fourth-order valence-electron chi connectivity index (χ4n) is 8.53. The van der Waals surface area contributed by atoms with Crippen LogP contribution >= 0.6 is 0 Å². The van der Waals surface area contributed by atoms with E-state index in [2.05, 4.69) is 204 Å². The number of nitrogens with zero attached hydrogens (tertiary/aromatic N) is 2. The Morgan fingerprint density at radius 2 is 1.09 bits per heavy atom. The van der Waals surface area contributed by atoms with Crippen LogP contribution in [0.5, 0.6) is 0 Å². The molecule has 3 nitrogen and oxygen atoms in total. The summed E-state index contributed by atoms with van der Waals surface area (Å²) in [6.45, 7) is 0. The lowest BCUT2D eigenvalue weighted by Gasteiger charge is -2.26. The third-order valence-corrected chi connectivity index (χ3v) is 11.2. The summed E-state index contributed by atoms with van der Waals surface area (Å²) in [4.78, 5) is 2.38. The largest absolute Gasteiger partial charge is 0.456 e. The minimum Gasteiger partial charge on any atom is -0.456 e. The van der Waals surface area contributed by atoms with Crippen LogP contribution in [0.1, 0.15) is 17.7 Å². The number of hydrogen-bond acceptors (Lipinski definition) is 2. The molecule has 0 saturated carbocycles. The summed E-state index contributed by atoms with van der Waals surface area (Å²) < 4.78 is 8.55. The predicted molar refractivity (Wildman–Crippen MR) is 231 cm³/mol. The normalized spacial score (nSPS) is 12.5. The molecule has 0 amide bonds. The van der Waals surface area contributed by atoms with Crippen molar-refractivity contribution in [3.63, 3.8) is 0 Å². The molecule has 55 heavy (non-hydrogen) atoms. The number of aryl methyl sites for hydroxylation is 1. The van der Waals surface area contributed by atoms with Crippen molar-refractivity contribution in [2.75, 3.05) is 4.90 Å². The van der Waals surface area contributed by atoms with Crippen LogP contribution in [0.4, 0.5) is 17.1 Å². The molecule has 0 radical (unpaired) electrons. The number of fused-ring (bicyclic) bond motifs is 7. The first-order chi connectivity index (χ1) is 27.2. The number of furan rings is 1. The number of allylic oxidation sites excluding steroid dienone is 1. The van der Waals surface area contributed by atoms with Crippen LogP contribution in [-0.4, -0.2) is 4.57 Å². The first kappa shape index (κ1) is 31.4. The van der Waals surface area contributed by atoms with E-state index in [4.69, 9.17) is 4.42 Å². The van der Waals surface area contributed by atoms with E-state index in [1.165, 1.54) is 65.8 Å². The lowest BCUT2D eigenvalue weighted by molar-refractivity contribution is 0.595. The number of benzene rings is 8. The van der Waals surface area contributed by atoms with Crippen LogP contribution in [0.2, 0.25) is 0 Å². The molecule has 1 aliphatic carbocycles. The summed E-state index contributed by atoms with van der Waals surface area (Å²) in [7, 11) is 0. The number of para-hydroxylation sites is 2. The van der Waals surface area contributed by atoms with E-state index in [-0.39, 0.29) is 0 Å². The molecule has 0 fully saturated rings. The first-order valence-corrected chi connectivity index (χ1v) is 19.1. The maximum atomic E-state index is 6.17. The topological polar surface area (TPSA) is 21.3 Å². The van der Waals surface area contributed by atoms with Gasteiger partial charge in [0.05, 0.1) is 11.0 Å². The van der Waals surface area contributed by atoms with Gasteiger partial charge in [-0.1, -0.05) is 109 Å². The standard InChI is InChI=1S/C52H36N2O/c1-2-12-41(13-3-1)54-49-16-8-6-14-45(49)47-34-44(29-30-50(47)54)53(42-25-20-36(21-26-42)39-19-18-35-10-4-5-11-38(35)32-39)43-27-22-37(23-28-43)40-24-31-52-48(33-40)46-15-7-9-17-51(46)55-52/h1-6,8-14,16-34H,7,15H2. The van der Waals surface area contributed by atoms with E-state index in [1.54, 1.807) is 0 Å².